The van der Waals surface area contributed by atoms with Crippen LogP contribution in [0.25, 0.3) is 0 Å². The molecule has 0 saturated carbocycles. The lowest BCUT2D eigenvalue weighted by atomic mass is 10.1. The second kappa shape index (κ2) is 8.95. The predicted octanol–water partition coefficient (Wildman–Crippen LogP) is 2.90. The van der Waals surface area contributed by atoms with Crippen molar-refractivity contribution in [1.82, 2.24) is 5.32 Å². The van der Waals surface area contributed by atoms with Gasteiger partial charge < -0.3 is 15.2 Å². The average molecular weight is 251 g/mol. The smallest absolute Gasteiger partial charge is 0.118 e. The van der Waals surface area contributed by atoms with Crippen LogP contribution in [0.5, 0.6) is 5.75 Å². The van der Waals surface area contributed by atoms with Gasteiger partial charge in [0, 0.05) is 12.6 Å². The quantitative estimate of drug-likeness (QED) is 0.663. The number of benzene rings is 1. The van der Waals surface area contributed by atoms with Crippen LogP contribution in [0.2, 0.25) is 0 Å². The van der Waals surface area contributed by atoms with Crippen molar-refractivity contribution >= 4 is 0 Å². The highest BCUT2D eigenvalue weighted by molar-refractivity contribution is 5.28. The van der Waals surface area contributed by atoms with E-state index >= 15 is 0 Å². The first-order valence-corrected chi connectivity index (χ1v) is 6.76. The zero-order valence-electron chi connectivity index (χ0n) is 11.5. The molecule has 1 rings (SSSR count). The number of hydrogen-bond donors (Lipinski definition) is 2. The zero-order chi connectivity index (χ0) is 13.2. The molecule has 0 aromatic heterocycles. The Morgan fingerprint density at radius 1 is 1.11 bits per heavy atom. The van der Waals surface area contributed by atoms with Gasteiger partial charge in [-0.25, -0.2) is 0 Å². The summed E-state index contributed by atoms with van der Waals surface area (Å²) < 4.78 is 5.14. The molecule has 3 nitrogen and oxygen atoms in total. The maximum atomic E-state index is 8.68. The molecule has 0 fully saturated rings. The Bertz CT molecular complexity index is 311. The number of rotatable bonds is 9. The Hall–Kier alpha value is -1.06. The van der Waals surface area contributed by atoms with Crippen molar-refractivity contribution in [3.63, 3.8) is 0 Å². The van der Waals surface area contributed by atoms with E-state index in [4.69, 9.17) is 9.84 Å². The van der Waals surface area contributed by atoms with E-state index in [9.17, 15) is 0 Å². The van der Waals surface area contributed by atoms with Crippen molar-refractivity contribution in [2.24, 2.45) is 0 Å². The summed E-state index contributed by atoms with van der Waals surface area (Å²) in [5.41, 5.74) is 1.28. The Kier molecular flexibility index (Phi) is 7.46. The summed E-state index contributed by atoms with van der Waals surface area (Å²) in [7, 11) is 1.68. The van der Waals surface area contributed by atoms with Gasteiger partial charge >= 0.3 is 0 Å². The molecular weight excluding hydrogens is 226 g/mol. The van der Waals surface area contributed by atoms with Gasteiger partial charge in [0.2, 0.25) is 0 Å². The Morgan fingerprint density at radius 2 is 1.78 bits per heavy atom. The van der Waals surface area contributed by atoms with Gasteiger partial charge in [-0.1, -0.05) is 25.0 Å². The van der Waals surface area contributed by atoms with Crippen molar-refractivity contribution in [2.45, 2.75) is 38.6 Å². The fourth-order valence-electron chi connectivity index (χ4n) is 1.92. The summed E-state index contributed by atoms with van der Waals surface area (Å²) in [6.45, 7) is 3.52. The van der Waals surface area contributed by atoms with Gasteiger partial charge in [0.25, 0.3) is 0 Å². The molecule has 102 valence electrons. The Labute approximate surface area is 110 Å². The molecular formula is C15H25NO2. The Morgan fingerprint density at radius 3 is 2.39 bits per heavy atom. The monoisotopic (exact) mass is 251 g/mol. The summed E-state index contributed by atoms with van der Waals surface area (Å²) in [5.74, 6) is 0.898. The second-order valence-corrected chi connectivity index (χ2v) is 4.59. The first-order valence-electron chi connectivity index (χ1n) is 6.76. The van der Waals surface area contributed by atoms with E-state index in [0.29, 0.717) is 12.6 Å². The van der Waals surface area contributed by atoms with Gasteiger partial charge in [-0.05, 0) is 44.0 Å². The molecule has 1 aromatic rings. The molecule has 3 heteroatoms. The summed E-state index contributed by atoms with van der Waals surface area (Å²) in [4.78, 5) is 0. The minimum absolute atomic E-state index is 0.315. The highest BCUT2D eigenvalue weighted by Crippen LogP contribution is 2.17. The van der Waals surface area contributed by atoms with E-state index in [-0.39, 0.29) is 0 Å². The van der Waals surface area contributed by atoms with Crippen LogP contribution in [0.4, 0.5) is 0 Å². The van der Waals surface area contributed by atoms with Gasteiger partial charge in [0.1, 0.15) is 5.75 Å². The predicted molar refractivity (Wildman–Crippen MR) is 75.0 cm³/mol. The van der Waals surface area contributed by atoms with Crippen LogP contribution in [0, 0.1) is 0 Å². The van der Waals surface area contributed by atoms with Crippen LogP contribution in [-0.4, -0.2) is 25.4 Å². The molecule has 0 saturated heterocycles. The van der Waals surface area contributed by atoms with Crippen molar-refractivity contribution in [2.75, 3.05) is 20.3 Å². The van der Waals surface area contributed by atoms with E-state index in [2.05, 4.69) is 24.4 Å². The highest BCUT2D eigenvalue weighted by atomic mass is 16.5. The van der Waals surface area contributed by atoms with Crippen LogP contribution >= 0.6 is 0 Å². The summed E-state index contributed by atoms with van der Waals surface area (Å²) >= 11 is 0. The third-order valence-corrected chi connectivity index (χ3v) is 3.15. The van der Waals surface area contributed by atoms with Crippen LogP contribution in [0.1, 0.15) is 44.2 Å². The topological polar surface area (TPSA) is 41.5 Å². The molecule has 0 spiro atoms. The van der Waals surface area contributed by atoms with Gasteiger partial charge in [-0.3, -0.25) is 0 Å². The molecule has 0 heterocycles. The molecule has 2 N–H and O–H groups in total. The summed E-state index contributed by atoms with van der Waals surface area (Å²) in [6, 6.07) is 8.56. The number of aliphatic hydroxyl groups is 1. The fraction of sp³-hybridized carbons (Fsp3) is 0.600. The molecule has 0 unspecified atom stereocenters. The molecule has 0 radical (unpaired) electrons. The maximum absolute atomic E-state index is 8.68. The number of methoxy groups -OCH3 is 1. The van der Waals surface area contributed by atoms with Crippen LogP contribution in [-0.2, 0) is 0 Å². The number of hydrogen-bond acceptors (Lipinski definition) is 3. The van der Waals surface area contributed by atoms with Crippen molar-refractivity contribution in [1.29, 1.82) is 0 Å². The van der Waals surface area contributed by atoms with E-state index in [0.717, 1.165) is 25.1 Å². The van der Waals surface area contributed by atoms with Crippen LogP contribution in [0.3, 0.4) is 0 Å². The molecule has 1 atom stereocenters. The largest absolute Gasteiger partial charge is 0.497 e. The molecule has 1 aromatic carbocycles. The van der Waals surface area contributed by atoms with Crippen molar-refractivity contribution in [3.05, 3.63) is 29.8 Å². The molecule has 0 aliphatic carbocycles. The number of unbranched alkanes of at least 4 members (excludes halogenated alkanes) is 3. The van der Waals surface area contributed by atoms with E-state index < -0.39 is 0 Å². The van der Waals surface area contributed by atoms with E-state index in [1.54, 1.807) is 7.11 Å². The van der Waals surface area contributed by atoms with Crippen LogP contribution < -0.4 is 10.1 Å². The van der Waals surface area contributed by atoms with E-state index in [1.165, 1.54) is 18.4 Å². The third-order valence-electron chi connectivity index (χ3n) is 3.15. The first kappa shape index (κ1) is 15.0. The molecule has 0 aliphatic rings. The normalized spacial score (nSPS) is 12.4. The lowest BCUT2D eigenvalue weighted by Crippen LogP contribution is -2.19. The van der Waals surface area contributed by atoms with E-state index in [1.807, 2.05) is 12.1 Å². The zero-order valence-corrected chi connectivity index (χ0v) is 11.5. The third kappa shape index (κ3) is 5.52. The summed E-state index contributed by atoms with van der Waals surface area (Å²) in [6.07, 6.45) is 4.40. The van der Waals surface area contributed by atoms with Gasteiger partial charge in [-0.15, -0.1) is 0 Å². The van der Waals surface area contributed by atoms with Gasteiger partial charge in [0.15, 0.2) is 0 Å². The minimum atomic E-state index is 0.315. The number of ether oxygens (including phenoxy) is 1. The van der Waals surface area contributed by atoms with Crippen molar-refractivity contribution in [3.8, 4) is 5.75 Å². The standard InChI is InChI=1S/C15H25NO2/c1-13(16-11-5-3-4-6-12-17)14-7-9-15(18-2)10-8-14/h7-10,13,16-17H,3-6,11-12H2,1-2H3/t13-/m0/s1. The minimum Gasteiger partial charge on any atom is -0.497 e. The molecule has 0 aliphatic heterocycles. The maximum Gasteiger partial charge on any atom is 0.118 e. The number of aliphatic hydroxyl groups excluding tert-OH is 1. The Balaban J connectivity index is 2.21. The van der Waals surface area contributed by atoms with Gasteiger partial charge in [-0.2, -0.15) is 0 Å². The second-order valence-electron chi connectivity index (χ2n) is 4.59. The number of nitrogens with one attached hydrogen (secondary N) is 1. The fourth-order valence-corrected chi connectivity index (χ4v) is 1.92. The lowest BCUT2D eigenvalue weighted by molar-refractivity contribution is 0.282. The van der Waals surface area contributed by atoms with Crippen molar-refractivity contribution < 1.29 is 9.84 Å². The lowest BCUT2D eigenvalue weighted by Gasteiger charge is -2.14. The molecule has 18 heavy (non-hydrogen) atoms. The highest BCUT2D eigenvalue weighted by Gasteiger charge is 2.04. The average Bonchev–Trinajstić information content (AvgIpc) is 2.42. The molecule has 0 bridgehead atoms. The molecule has 0 amide bonds. The SMILES string of the molecule is COc1ccc([C@H](C)NCCCCCCO)cc1. The van der Waals surface area contributed by atoms with Crippen LogP contribution in [0.15, 0.2) is 24.3 Å². The summed E-state index contributed by atoms with van der Waals surface area (Å²) in [5, 5.41) is 12.2. The van der Waals surface area contributed by atoms with Gasteiger partial charge in [0.05, 0.1) is 7.11 Å². The first-order chi connectivity index (χ1) is 8.77.